The van der Waals surface area contributed by atoms with Crippen molar-refractivity contribution in [3.05, 3.63) is 59.7 Å². The summed E-state index contributed by atoms with van der Waals surface area (Å²) in [6.45, 7) is 6.44. The highest BCUT2D eigenvalue weighted by Gasteiger charge is 2.18. The molecule has 0 aliphatic heterocycles. The molecule has 2 aromatic rings. The first-order valence-corrected chi connectivity index (χ1v) is 10.0. The fourth-order valence-corrected chi connectivity index (χ4v) is 2.78. The highest BCUT2D eigenvalue weighted by molar-refractivity contribution is 5.91. The average molecular weight is 434 g/mol. The number of benzene rings is 2. The van der Waals surface area contributed by atoms with Gasteiger partial charge in [0, 0.05) is 12.2 Å². The molecule has 164 valence electrons. The Hall–Kier alpha value is -2.57. The number of carbonyl (C=O) groups is 2. The number of ether oxygens (including phenoxy) is 1. The fraction of sp³-hybridized carbons (Fsp3) is 0.391. The van der Waals surface area contributed by atoms with Crippen molar-refractivity contribution >= 4 is 29.9 Å². The fourth-order valence-electron chi connectivity index (χ4n) is 2.78. The van der Waals surface area contributed by atoms with Crippen molar-refractivity contribution in [3.8, 4) is 5.75 Å². The largest absolute Gasteiger partial charge is 0.484 e. The number of aryl methyl sites for hydroxylation is 1. The zero-order chi connectivity index (χ0) is 21.2. The molecule has 0 fully saturated rings. The van der Waals surface area contributed by atoms with Gasteiger partial charge in [-0.15, -0.1) is 12.4 Å². The third-order valence-corrected chi connectivity index (χ3v) is 4.87. The smallest absolute Gasteiger partial charge is 0.262 e. The van der Waals surface area contributed by atoms with Gasteiger partial charge < -0.3 is 21.1 Å². The molecule has 4 N–H and O–H groups in total. The zero-order valence-corrected chi connectivity index (χ0v) is 18.6. The lowest BCUT2D eigenvalue weighted by atomic mass is 9.99. The molecule has 30 heavy (non-hydrogen) atoms. The van der Waals surface area contributed by atoms with Crippen LogP contribution in [0.3, 0.4) is 0 Å². The van der Waals surface area contributed by atoms with Crippen LogP contribution in [0.2, 0.25) is 0 Å². The van der Waals surface area contributed by atoms with Gasteiger partial charge in [0.25, 0.3) is 5.91 Å². The Bertz CT molecular complexity index is 812. The molecule has 0 saturated carbocycles. The summed E-state index contributed by atoms with van der Waals surface area (Å²) < 4.78 is 5.54. The van der Waals surface area contributed by atoms with Gasteiger partial charge in [-0.3, -0.25) is 9.59 Å². The Labute approximate surface area is 185 Å². The molecule has 0 heterocycles. The maximum Gasteiger partial charge on any atom is 0.262 e. The van der Waals surface area contributed by atoms with Crippen LogP contribution in [-0.4, -0.2) is 31.0 Å². The van der Waals surface area contributed by atoms with E-state index in [1.807, 2.05) is 69.3 Å². The molecule has 2 amide bonds. The van der Waals surface area contributed by atoms with E-state index in [1.54, 1.807) is 0 Å². The monoisotopic (exact) mass is 433 g/mol. The standard InChI is InChI=1S/C23H31N3O3.ClH/c1-4-17(3)22(24)23(28)25-13-12-18-8-10-20(11-9-18)29-15-21(27)26-19-7-5-6-16(2)14-19;/h5-11,14,17,22H,4,12-13,15,24H2,1-3H3,(H,25,28)(H,26,27);1H. The molecule has 0 spiro atoms. The van der Waals surface area contributed by atoms with Crippen molar-refractivity contribution in [1.82, 2.24) is 5.32 Å². The number of carbonyl (C=O) groups excluding carboxylic acids is 2. The Kier molecular flexibility index (Phi) is 10.9. The molecule has 2 atom stereocenters. The van der Waals surface area contributed by atoms with E-state index in [0.717, 1.165) is 23.2 Å². The first kappa shape index (κ1) is 25.5. The number of halogens is 1. The van der Waals surface area contributed by atoms with Gasteiger partial charge in [-0.05, 0) is 54.7 Å². The number of anilines is 1. The minimum Gasteiger partial charge on any atom is -0.484 e. The number of hydrogen-bond acceptors (Lipinski definition) is 4. The first-order chi connectivity index (χ1) is 13.9. The average Bonchev–Trinajstić information content (AvgIpc) is 2.72. The Morgan fingerprint density at radius 3 is 2.47 bits per heavy atom. The predicted molar refractivity (Wildman–Crippen MR) is 123 cm³/mol. The van der Waals surface area contributed by atoms with Gasteiger partial charge in [0.15, 0.2) is 6.61 Å². The van der Waals surface area contributed by atoms with E-state index in [1.165, 1.54) is 0 Å². The molecule has 2 unspecified atom stereocenters. The quantitative estimate of drug-likeness (QED) is 0.534. The number of hydrogen-bond donors (Lipinski definition) is 3. The van der Waals surface area contributed by atoms with Crippen LogP contribution in [-0.2, 0) is 16.0 Å². The van der Waals surface area contributed by atoms with E-state index in [9.17, 15) is 9.59 Å². The summed E-state index contributed by atoms with van der Waals surface area (Å²) in [4.78, 5) is 24.0. The summed E-state index contributed by atoms with van der Waals surface area (Å²) in [5, 5.41) is 5.69. The van der Waals surface area contributed by atoms with Crippen LogP contribution in [0.15, 0.2) is 48.5 Å². The van der Waals surface area contributed by atoms with Crippen molar-refractivity contribution in [2.45, 2.75) is 39.7 Å². The van der Waals surface area contributed by atoms with Gasteiger partial charge in [-0.25, -0.2) is 0 Å². The third-order valence-electron chi connectivity index (χ3n) is 4.87. The van der Waals surface area contributed by atoms with E-state index in [-0.39, 0.29) is 36.7 Å². The van der Waals surface area contributed by atoms with E-state index >= 15 is 0 Å². The van der Waals surface area contributed by atoms with Gasteiger partial charge in [0.2, 0.25) is 5.91 Å². The summed E-state index contributed by atoms with van der Waals surface area (Å²) in [5.41, 5.74) is 8.83. The second kappa shape index (κ2) is 12.9. The number of amides is 2. The lowest BCUT2D eigenvalue weighted by molar-refractivity contribution is -0.123. The molecule has 6 nitrogen and oxygen atoms in total. The van der Waals surface area contributed by atoms with Gasteiger partial charge in [-0.2, -0.15) is 0 Å². The highest BCUT2D eigenvalue weighted by atomic mass is 35.5. The minimum atomic E-state index is -0.471. The molecule has 0 aromatic heterocycles. The Morgan fingerprint density at radius 2 is 1.83 bits per heavy atom. The van der Waals surface area contributed by atoms with E-state index in [2.05, 4.69) is 10.6 Å². The molecule has 0 aliphatic rings. The minimum absolute atomic E-state index is 0. The van der Waals surface area contributed by atoms with Crippen LogP contribution in [0.1, 0.15) is 31.4 Å². The van der Waals surface area contributed by atoms with Gasteiger partial charge >= 0.3 is 0 Å². The van der Waals surface area contributed by atoms with Crippen molar-refractivity contribution < 1.29 is 14.3 Å². The summed E-state index contributed by atoms with van der Waals surface area (Å²) >= 11 is 0. The molecule has 0 radical (unpaired) electrons. The second-order valence-electron chi connectivity index (χ2n) is 7.30. The summed E-state index contributed by atoms with van der Waals surface area (Å²) in [6, 6.07) is 14.6. The van der Waals surface area contributed by atoms with Crippen LogP contribution >= 0.6 is 12.4 Å². The molecule has 2 aromatic carbocycles. The van der Waals surface area contributed by atoms with Gasteiger partial charge in [0.1, 0.15) is 5.75 Å². The normalized spacial score (nSPS) is 12.3. The first-order valence-electron chi connectivity index (χ1n) is 10.0. The van der Waals surface area contributed by atoms with Crippen LogP contribution in [0.5, 0.6) is 5.75 Å². The van der Waals surface area contributed by atoms with Crippen LogP contribution < -0.4 is 21.1 Å². The zero-order valence-electron chi connectivity index (χ0n) is 17.8. The van der Waals surface area contributed by atoms with Crippen LogP contribution in [0, 0.1) is 12.8 Å². The molecular formula is C23H32ClN3O3. The topological polar surface area (TPSA) is 93.5 Å². The van der Waals surface area contributed by atoms with E-state index < -0.39 is 6.04 Å². The van der Waals surface area contributed by atoms with Gasteiger partial charge in [-0.1, -0.05) is 44.5 Å². The summed E-state index contributed by atoms with van der Waals surface area (Å²) in [6.07, 6.45) is 1.58. The van der Waals surface area contributed by atoms with E-state index in [0.29, 0.717) is 18.7 Å². The number of rotatable bonds is 10. The van der Waals surface area contributed by atoms with Crippen molar-refractivity contribution in [1.29, 1.82) is 0 Å². The van der Waals surface area contributed by atoms with Gasteiger partial charge in [0.05, 0.1) is 6.04 Å². The maximum atomic E-state index is 12.0. The third kappa shape index (κ3) is 8.43. The maximum absolute atomic E-state index is 12.0. The van der Waals surface area contributed by atoms with E-state index in [4.69, 9.17) is 10.5 Å². The van der Waals surface area contributed by atoms with Crippen molar-refractivity contribution in [3.63, 3.8) is 0 Å². The Balaban J connectivity index is 0.00000450. The predicted octanol–water partition coefficient (Wildman–Crippen LogP) is 3.47. The molecular weight excluding hydrogens is 402 g/mol. The summed E-state index contributed by atoms with van der Waals surface area (Å²) in [5.74, 6) is 0.462. The van der Waals surface area contributed by atoms with Crippen LogP contribution in [0.25, 0.3) is 0 Å². The molecule has 2 rings (SSSR count). The molecule has 7 heteroatoms. The lowest BCUT2D eigenvalue weighted by Gasteiger charge is -2.17. The molecule has 0 aliphatic carbocycles. The SMILES string of the molecule is CCC(C)C(N)C(=O)NCCc1ccc(OCC(=O)Nc2cccc(C)c2)cc1.Cl. The van der Waals surface area contributed by atoms with Crippen molar-refractivity contribution in [2.24, 2.45) is 11.7 Å². The van der Waals surface area contributed by atoms with Crippen LogP contribution in [0.4, 0.5) is 5.69 Å². The molecule has 0 bridgehead atoms. The number of nitrogens with one attached hydrogen (secondary N) is 2. The summed E-state index contributed by atoms with van der Waals surface area (Å²) in [7, 11) is 0. The highest BCUT2D eigenvalue weighted by Crippen LogP contribution is 2.13. The molecule has 0 saturated heterocycles. The van der Waals surface area contributed by atoms with Crippen molar-refractivity contribution in [2.75, 3.05) is 18.5 Å². The number of nitrogens with two attached hydrogens (primary N) is 1. The second-order valence-corrected chi connectivity index (χ2v) is 7.30. The lowest BCUT2D eigenvalue weighted by Crippen LogP contribution is -2.45. The Morgan fingerprint density at radius 1 is 1.13 bits per heavy atom.